The van der Waals surface area contributed by atoms with Crippen LogP contribution in [0.15, 0.2) is 30.3 Å². The van der Waals surface area contributed by atoms with Crippen LogP contribution in [-0.4, -0.2) is 12.6 Å². The minimum atomic E-state index is 0.633. The zero-order chi connectivity index (χ0) is 13.2. The van der Waals surface area contributed by atoms with Crippen LogP contribution in [0.4, 0.5) is 0 Å². The van der Waals surface area contributed by atoms with Gasteiger partial charge in [-0.2, -0.15) is 0 Å². The zero-order valence-electron chi connectivity index (χ0n) is 12.3. The Morgan fingerprint density at radius 3 is 2.28 bits per heavy atom. The molecule has 0 aromatic heterocycles. The van der Waals surface area contributed by atoms with E-state index in [1.165, 1.54) is 37.7 Å². The normalized spacial score (nSPS) is 14.4. The van der Waals surface area contributed by atoms with Crippen molar-refractivity contribution in [2.45, 2.75) is 64.8 Å². The van der Waals surface area contributed by atoms with Crippen LogP contribution >= 0.6 is 0 Å². The lowest BCUT2D eigenvalue weighted by molar-refractivity contribution is 0.393. The van der Waals surface area contributed by atoms with E-state index in [9.17, 15) is 0 Å². The van der Waals surface area contributed by atoms with Crippen LogP contribution in [0.2, 0.25) is 0 Å². The van der Waals surface area contributed by atoms with Gasteiger partial charge >= 0.3 is 0 Å². The van der Waals surface area contributed by atoms with E-state index in [1.54, 1.807) is 0 Å². The molecule has 1 heteroatoms. The molecule has 0 aliphatic rings. The molecule has 0 spiro atoms. The quantitative estimate of drug-likeness (QED) is 0.622. The van der Waals surface area contributed by atoms with Crippen LogP contribution in [0.1, 0.15) is 64.4 Å². The minimum Gasteiger partial charge on any atom is -0.314 e. The molecular formula is C17H29N. The third-order valence-corrected chi connectivity index (χ3v) is 3.74. The first-order chi connectivity index (χ1) is 8.83. The van der Waals surface area contributed by atoms with Gasteiger partial charge in [0.1, 0.15) is 0 Å². The van der Waals surface area contributed by atoms with Crippen molar-refractivity contribution >= 4 is 0 Å². The molecule has 0 fully saturated rings. The predicted octanol–water partition coefficient (Wildman–Crippen LogP) is 4.74. The summed E-state index contributed by atoms with van der Waals surface area (Å²) >= 11 is 0. The highest BCUT2D eigenvalue weighted by Crippen LogP contribution is 2.26. The summed E-state index contributed by atoms with van der Waals surface area (Å²) in [6.45, 7) is 7.86. The molecule has 0 aliphatic heterocycles. The van der Waals surface area contributed by atoms with Crippen molar-refractivity contribution in [2.24, 2.45) is 0 Å². The van der Waals surface area contributed by atoms with Crippen molar-refractivity contribution in [3.05, 3.63) is 35.9 Å². The lowest BCUT2D eigenvalue weighted by Crippen LogP contribution is -2.34. The highest BCUT2D eigenvalue weighted by Gasteiger charge is 2.20. The molecule has 1 nitrogen and oxygen atoms in total. The topological polar surface area (TPSA) is 12.0 Å². The average molecular weight is 247 g/mol. The van der Waals surface area contributed by atoms with E-state index in [4.69, 9.17) is 0 Å². The third kappa shape index (κ3) is 4.81. The summed E-state index contributed by atoms with van der Waals surface area (Å²) in [6, 6.07) is 11.6. The van der Waals surface area contributed by atoms with Crippen molar-refractivity contribution in [3.8, 4) is 0 Å². The minimum absolute atomic E-state index is 0.633. The van der Waals surface area contributed by atoms with Crippen molar-refractivity contribution in [3.63, 3.8) is 0 Å². The van der Waals surface area contributed by atoms with Crippen molar-refractivity contribution in [1.82, 2.24) is 5.32 Å². The first-order valence-electron chi connectivity index (χ1n) is 7.61. The number of rotatable bonds is 9. The first-order valence-corrected chi connectivity index (χ1v) is 7.61. The summed E-state index contributed by atoms with van der Waals surface area (Å²) in [4.78, 5) is 0. The van der Waals surface area contributed by atoms with E-state index in [0.717, 1.165) is 6.54 Å². The van der Waals surface area contributed by atoms with Gasteiger partial charge in [-0.3, -0.25) is 0 Å². The summed E-state index contributed by atoms with van der Waals surface area (Å²) in [5.74, 6) is 0.656. The van der Waals surface area contributed by atoms with Gasteiger partial charge in [-0.25, -0.2) is 0 Å². The van der Waals surface area contributed by atoms with Gasteiger partial charge < -0.3 is 5.32 Å². The van der Waals surface area contributed by atoms with Gasteiger partial charge in [0.05, 0.1) is 0 Å². The summed E-state index contributed by atoms with van der Waals surface area (Å²) in [5.41, 5.74) is 1.49. The Labute approximate surface area is 113 Å². The molecule has 2 atom stereocenters. The van der Waals surface area contributed by atoms with Crippen molar-refractivity contribution in [2.75, 3.05) is 6.54 Å². The molecule has 2 unspecified atom stereocenters. The van der Waals surface area contributed by atoms with Crippen molar-refractivity contribution < 1.29 is 0 Å². The van der Waals surface area contributed by atoms with Crippen LogP contribution in [0.3, 0.4) is 0 Å². The molecule has 1 aromatic carbocycles. The van der Waals surface area contributed by atoms with Gasteiger partial charge in [0, 0.05) is 6.04 Å². The van der Waals surface area contributed by atoms with E-state index in [2.05, 4.69) is 56.4 Å². The van der Waals surface area contributed by atoms with E-state index in [0.29, 0.717) is 12.0 Å². The summed E-state index contributed by atoms with van der Waals surface area (Å²) in [7, 11) is 0. The number of hydrogen-bond acceptors (Lipinski definition) is 1. The van der Waals surface area contributed by atoms with E-state index < -0.39 is 0 Å². The molecule has 0 bridgehead atoms. The molecule has 102 valence electrons. The Bertz CT molecular complexity index is 294. The maximum atomic E-state index is 3.69. The Balaban J connectivity index is 2.67. The molecule has 0 amide bonds. The zero-order valence-corrected chi connectivity index (χ0v) is 12.3. The molecule has 0 saturated heterocycles. The van der Waals surface area contributed by atoms with Gasteiger partial charge in [-0.15, -0.1) is 0 Å². The largest absolute Gasteiger partial charge is 0.314 e. The van der Waals surface area contributed by atoms with Crippen LogP contribution in [0.25, 0.3) is 0 Å². The number of unbranched alkanes of at least 4 members (excludes halogenated alkanes) is 2. The monoisotopic (exact) mass is 247 g/mol. The first kappa shape index (κ1) is 15.2. The lowest BCUT2D eigenvalue weighted by atomic mass is 9.86. The fourth-order valence-electron chi connectivity index (χ4n) is 2.77. The number of hydrogen-bond donors (Lipinski definition) is 1. The van der Waals surface area contributed by atoms with Crippen LogP contribution < -0.4 is 5.32 Å². The Hall–Kier alpha value is -0.820. The maximum absolute atomic E-state index is 3.69. The Kier molecular flexibility index (Phi) is 7.75. The smallest absolute Gasteiger partial charge is 0.0136 e. The van der Waals surface area contributed by atoms with Crippen LogP contribution in [0, 0.1) is 0 Å². The van der Waals surface area contributed by atoms with Gasteiger partial charge in [0.25, 0.3) is 0 Å². The summed E-state index contributed by atoms with van der Waals surface area (Å²) < 4.78 is 0. The predicted molar refractivity (Wildman–Crippen MR) is 81.1 cm³/mol. The van der Waals surface area contributed by atoms with E-state index >= 15 is 0 Å². The molecule has 0 radical (unpaired) electrons. The lowest BCUT2D eigenvalue weighted by Gasteiger charge is -2.27. The second kappa shape index (κ2) is 9.16. The SMILES string of the molecule is CCCCCC(NCC)C(CC)c1ccccc1. The standard InChI is InChI=1S/C17H29N/c1-4-7-9-14-17(18-6-3)16(5-2)15-12-10-8-11-13-15/h8,10-13,16-18H,4-7,9,14H2,1-3H3. The highest BCUT2D eigenvalue weighted by molar-refractivity contribution is 5.21. The molecule has 1 N–H and O–H groups in total. The second-order valence-electron chi connectivity index (χ2n) is 5.09. The Morgan fingerprint density at radius 1 is 1.00 bits per heavy atom. The molecule has 0 saturated carbocycles. The average Bonchev–Trinajstić information content (AvgIpc) is 2.41. The van der Waals surface area contributed by atoms with Gasteiger partial charge in [-0.05, 0) is 30.9 Å². The van der Waals surface area contributed by atoms with E-state index in [-0.39, 0.29) is 0 Å². The second-order valence-corrected chi connectivity index (χ2v) is 5.09. The molecule has 18 heavy (non-hydrogen) atoms. The number of benzene rings is 1. The van der Waals surface area contributed by atoms with Gasteiger partial charge in [-0.1, -0.05) is 70.4 Å². The maximum Gasteiger partial charge on any atom is 0.0136 e. The summed E-state index contributed by atoms with van der Waals surface area (Å²) in [5, 5.41) is 3.69. The number of likely N-dealkylation sites (N-methyl/N-ethyl adjacent to an activating group) is 1. The van der Waals surface area contributed by atoms with Crippen molar-refractivity contribution in [1.29, 1.82) is 0 Å². The van der Waals surface area contributed by atoms with E-state index in [1.807, 2.05) is 0 Å². The van der Waals surface area contributed by atoms with Gasteiger partial charge in [0.15, 0.2) is 0 Å². The molecule has 0 aliphatic carbocycles. The molecule has 0 heterocycles. The Morgan fingerprint density at radius 2 is 1.72 bits per heavy atom. The van der Waals surface area contributed by atoms with Crippen LogP contribution in [0.5, 0.6) is 0 Å². The third-order valence-electron chi connectivity index (χ3n) is 3.74. The van der Waals surface area contributed by atoms with Gasteiger partial charge in [0.2, 0.25) is 0 Å². The fourth-order valence-corrected chi connectivity index (χ4v) is 2.77. The molecule has 1 aromatic rings. The molecular weight excluding hydrogens is 218 g/mol. The highest BCUT2D eigenvalue weighted by atomic mass is 14.9. The van der Waals surface area contributed by atoms with Crippen LogP contribution in [-0.2, 0) is 0 Å². The number of nitrogens with one attached hydrogen (secondary N) is 1. The molecule has 1 rings (SSSR count). The summed E-state index contributed by atoms with van der Waals surface area (Å²) in [6.07, 6.45) is 6.52. The fraction of sp³-hybridized carbons (Fsp3) is 0.647.